The Labute approximate surface area is 147 Å². The Morgan fingerprint density at radius 1 is 1.50 bits per heavy atom. The van der Waals surface area contributed by atoms with Crippen LogP contribution in [0.5, 0.6) is 0 Å². The number of thioether (sulfide) groups is 2. The van der Waals surface area contributed by atoms with Crippen molar-refractivity contribution in [1.29, 1.82) is 0 Å². The minimum absolute atomic E-state index is 0.196. The summed E-state index contributed by atoms with van der Waals surface area (Å²) in [6.07, 6.45) is 1.50. The lowest BCUT2D eigenvalue weighted by atomic mass is 10.0. The van der Waals surface area contributed by atoms with Crippen molar-refractivity contribution in [2.24, 2.45) is 4.99 Å². The highest BCUT2D eigenvalue weighted by Crippen LogP contribution is 2.38. The number of carboxylic acid groups (broad SMARTS) is 1. The van der Waals surface area contributed by atoms with Crippen molar-refractivity contribution < 1.29 is 19.1 Å². The van der Waals surface area contributed by atoms with Crippen molar-refractivity contribution in [3.05, 3.63) is 40.3 Å². The second kappa shape index (κ2) is 6.98. The van der Waals surface area contributed by atoms with Gasteiger partial charge >= 0.3 is 6.09 Å². The first kappa shape index (κ1) is 17.0. The van der Waals surface area contributed by atoms with Crippen LogP contribution in [0.25, 0.3) is 6.08 Å². The first-order valence-corrected chi connectivity index (χ1v) is 9.35. The van der Waals surface area contributed by atoms with Gasteiger partial charge in [-0.2, -0.15) is 4.99 Å². The van der Waals surface area contributed by atoms with E-state index in [2.05, 4.69) is 4.99 Å². The molecule has 3 rings (SSSR count). The lowest BCUT2D eigenvalue weighted by molar-refractivity contribution is -0.113. The number of amides is 2. The van der Waals surface area contributed by atoms with Gasteiger partial charge in [0.25, 0.3) is 5.91 Å². The summed E-state index contributed by atoms with van der Waals surface area (Å²) in [7, 11) is 0. The van der Waals surface area contributed by atoms with Crippen molar-refractivity contribution in [3.8, 4) is 0 Å². The van der Waals surface area contributed by atoms with Gasteiger partial charge in [0.1, 0.15) is 4.38 Å². The number of hydrogen-bond acceptors (Lipinski definition) is 4. The van der Waals surface area contributed by atoms with Crippen LogP contribution in [-0.4, -0.2) is 38.9 Å². The average molecular weight is 366 g/mol. The van der Waals surface area contributed by atoms with Crippen molar-refractivity contribution in [1.82, 2.24) is 4.90 Å². The van der Waals surface area contributed by atoms with E-state index >= 15 is 0 Å². The van der Waals surface area contributed by atoms with Crippen LogP contribution < -0.4 is 0 Å². The number of alkyl halides is 1. The number of likely N-dealkylation sites (tertiary alicyclic amines) is 1. The molecule has 2 aliphatic rings. The number of carbonyl (C=O) groups is 2. The number of aliphatic imine (C=N–C) groups is 1. The van der Waals surface area contributed by atoms with E-state index < -0.39 is 18.4 Å². The molecule has 2 unspecified atom stereocenters. The Bertz CT molecular complexity index is 751. The van der Waals surface area contributed by atoms with E-state index in [0.717, 1.165) is 16.0 Å². The molecule has 0 radical (unpaired) electrons. The van der Waals surface area contributed by atoms with Crippen LogP contribution in [0.3, 0.4) is 0 Å². The highest BCUT2D eigenvalue weighted by Gasteiger charge is 2.38. The van der Waals surface area contributed by atoms with Crippen LogP contribution >= 0.6 is 23.5 Å². The zero-order chi connectivity index (χ0) is 17.3. The molecule has 8 heteroatoms. The first-order valence-electron chi connectivity index (χ1n) is 7.31. The number of benzene rings is 1. The normalized spacial score (nSPS) is 25.4. The van der Waals surface area contributed by atoms with Gasteiger partial charge in [-0.25, -0.2) is 9.18 Å². The van der Waals surface area contributed by atoms with Gasteiger partial charge < -0.3 is 5.11 Å². The smallest absolute Gasteiger partial charge is 0.410 e. The van der Waals surface area contributed by atoms with Crippen LogP contribution in [0.15, 0.2) is 34.2 Å². The summed E-state index contributed by atoms with van der Waals surface area (Å²) < 4.78 is 14.5. The molecule has 1 aromatic carbocycles. The Morgan fingerprint density at radius 2 is 2.29 bits per heavy atom. The van der Waals surface area contributed by atoms with Gasteiger partial charge in [0.15, 0.2) is 6.30 Å². The number of rotatable bonds is 2. The van der Waals surface area contributed by atoms with Crippen molar-refractivity contribution in [2.45, 2.75) is 25.2 Å². The predicted molar refractivity (Wildman–Crippen MR) is 94.7 cm³/mol. The summed E-state index contributed by atoms with van der Waals surface area (Å²) in [6, 6.07) is 6.70. The van der Waals surface area contributed by atoms with Crippen LogP contribution in [-0.2, 0) is 4.79 Å². The SMILES string of the molecule is CSC1=NC(=O)/C(=C\c2cccc(C3CCC(F)N3C(=O)O)c2)S1. The van der Waals surface area contributed by atoms with Gasteiger partial charge in [-0.05, 0) is 42.4 Å². The molecular formula is C16H15FN2O3S2. The van der Waals surface area contributed by atoms with E-state index in [1.807, 2.05) is 12.3 Å². The second-order valence-electron chi connectivity index (χ2n) is 5.39. The molecule has 5 nitrogen and oxygen atoms in total. The topological polar surface area (TPSA) is 70.0 Å². The molecular weight excluding hydrogens is 351 g/mol. The maximum atomic E-state index is 13.8. The van der Waals surface area contributed by atoms with E-state index in [-0.39, 0.29) is 12.3 Å². The summed E-state index contributed by atoms with van der Waals surface area (Å²) >= 11 is 2.73. The molecule has 0 saturated carbocycles. The molecule has 1 aromatic rings. The minimum atomic E-state index is -1.47. The molecule has 1 saturated heterocycles. The fourth-order valence-electron chi connectivity index (χ4n) is 2.83. The Morgan fingerprint density at radius 3 is 2.96 bits per heavy atom. The molecule has 0 spiro atoms. The minimum Gasteiger partial charge on any atom is -0.465 e. The van der Waals surface area contributed by atoms with Gasteiger partial charge in [0.2, 0.25) is 0 Å². The Balaban J connectivity index is 1.85. The van der Waals surface area contributed by atoms with Crippen LogP contribution in [0.2, 0.25) is 0 Å². The first-order chi connectivity index (χ1) is 11.5. The molecule has 0 aromatic heterocycles. The molecule has 0 aliphatic carbocycles. The van der Waals surface area contributed by atoms with E-state index in [1.54, 1.807) is 24.3 Å². The summed E-state index contributed by atoms with van der Waals surface area (Å²) in [5.41, 5.74) is 1.50. The summed E-state index contributed by atoms with van der Waals surface area (Å²) in [4.78, 5) is 28.4. The Kier molecular flexibility index (Phi) is 4.96. The second-order valence-corrected chi connectivity index (χ2v) is 7.47. The zero-order valence-corrected chi connectivity index (χ0v) is 14.4. The molecule has 1 N–H and O–H groups in total. The lowest BCUT2D eigenvalue weighted by Crippen LogP contribution is -2.33. The molecule has 2 amide bonds. The van der Waals surface area contributed by atoms with Gasteiger partial charge in [0.05, 0.1) is 10.9 Å². The third-order valence-corrected chi connectivity index (χ3v) is 5.87. The zero-order valence-electron chi connectivity index (χ0n) is 12.8. The molecule has 126 valence electrons. The van der Waals surface area contributed by atoms with E-state index in [0.29, 0.717) is 15.7 Å². The predicted octanol–water partition coefficient (Wildman–Crippen LogP) is 4.13. The van der Waals surface area contributed by atoms with E-state index in [1.165, 1.54) is 23.5 Å². The monoisotopic (exact) mass is 366 g/mol. The Hall–Kier alpha value is -1.80. The van der Waals surface area contributed by atoms with Crippen LogP contribution in [0.1, 0.15) is 30.0 Å². The summed E-state index contributed by atoms with van der Waals surface area (Å²) in [5.74, 6) is -0.272. The molecule has 2 heterocycles. The standard InChI is InChI=1S/C16H15FN2O3S2/c1-23-15-18-14(20)12(24-15)8-9-3-2-4-10(7-9)11-5-6-13(17)19(11)16(21)22/h2-4,7-8,11,13H,5-6H2,1H3,(H,21,22)/b12-8+. The molecule has 2 atom stereocenters. The quantitative estimate of drug-likeness (QED) is 0.629. The highest BCUT2D eigenvalue weighted by molar-refractivity contribution is 8.40. The number of hydrogen-bond donors (Lipinski definition) is 1. The third-order valence-electron chi connectivity index (χ3n) is 3.91. The third kappa shape index (κ3) is 3.34. The number of nitrogens with zero attached hydrogens (tertiary/aromatic N) is 2. The summed E-state index contributed by atoms with van der Waals surface area (Å²) in [6.45, 7) is 0. The fraction of sp³-hybridized carbons (Fsp3) is 0.312. The molecule has 0 bridgehead atoms. The molecule has 2 aliphatic heterocycles. The van der Waals surface area contributed by atoms with Crippen molar-refractivity contribution in [3.63, 3.8) is 0 Å². The molecule has 1 fully saturated rings. The average Bonchev–Trinajstić information content (AvgIpc) is 3.11. The van der Waals surface area contributed by atoms with E-state index in [9.17, 15) is 19.1 Å². The lowest BCUT2D eigenvalue weighted by Gasteiger charge is -2.23. The van der Waals surface area contributed by atoms with Crippen LogP contribution in [0, 0.1) is 0 Å². The van der Waals surface area contributed by atoms with Crippen molar-refractivity contribution >= 4 is 46.0 Å². The van der Waals surface area contributed by atoms with Gasteiger partial charge in [-0.15, -0.1) is 11.8 Å². The summed E-state index contributed by atoms with van der Waals surface area (Å²) in [5, 5.41) is 9.21. The maximum absolute atomic E-state index is 13.8. The maximum Gasteiger partial charge on any atom is 0.410 e. The largest absolute Gasteiger partial charge is 0.465 e. The van der Waals surface area contributed by atoms with Gasteiger partial charge in [-0.1, -0.05) is 30.0 Å². The number of carbonyl (C=O) groups excluding carboxylic acids is 1. The number of halogens is 1. The van der Waals surface area contributed by atoms with Crippen LogP contribution in [0.4, 0.5) is 9.18 Å². The molecule has 24 heavy (non-hydrogen) atoms. The highest BCUT2D eigenvalue weighted by atomic mass is 32.2. The van der Waals surface area contributed by atoms with Gasteiger partial charge in [-0.3, -0.25) is 9.69 Å². The fourth-order valence-corrected chi connectivity index (χ4v) is 4.26. The van der Waals surface area contributed by atoms with E-state index in [4.69, 9.17) is 0 Å². The van der Waals surface area contributed by atoms with Gasteiger partial charge in [0, 0.05) is 0 Å². The van der Waals surface area contributed by atoms with Crippen molar-refractivity contribution in [2.75, 3.05) is 6.26 Å².